The molecule has 6 rings (SSSR count). The van der Waals surface area contributed by atoms with Gasteiger partial charge in [-0.3, -0.25) is 19.5 Å². The maximum atomic E-state index is 13.6. The highest BCUT2D eigenvalue weighted by molar-refractivity contribution is 5.94. The number of non-ortho nitro benzene ring substituents is 1. The Morgan fingerprint density at radius 2 is 1.56 bits per heavy atom. The molecular weight excluding hydrogens is 488 g/mol. The number of para-hydroxylation sites is 2. The van der Waals surface area contributed by atoms with Crippen molar-refractivity contribution < 1.29 is 4.92 Å². The minimum Gasteiger partial charge on any atom is -0.340 e. The van der Waals surface area contributed by atoms with Crippen molar-refractivity contribution >= 4 is 39.6 Å². The summed E-state index contributed by atoms with van der Waals surface area (Å²) in [5.74, 6) is 0.387. The van der Waals surface area contributed by atoms with E-state index in [1.807, 2.05) is 48.6 Å². The van der Waals surface area contributed by atoms with Crippen LogP contribution in [0, 0.1) is 17.0 Å². The number of hydrogen-bond donors (Lipinski definition) is 0. The van der Waals surface area contributed by atoms with Crippen molar-refractivity contribution in [2.75, 3.05) is 0 Å². The molecule has 0 fully saturated rings. The zero-order chi connectivity index (χ0) is 26.9. The summed E-state index contributed by atoms with van der Waals surface area (Å²) in [6.07, 6.45) is 3.79. The Balaban J connectivity index is 1.53. The monoisotopic (exact) mass is 512 g/mol. The average Bonchev–Trinajstić information content (AvgIpc) is 3.22. The molecule has 0 aliphatic carbocycles. The molecule has 0 radical (unpaired) electrons. The van der Waals surface area contributed by atoms with E-state index in [2.05, 4.69) is 35.8 Å². The van der Waals surface area contributed by atoms with Crippen molar-refractivity contribution in [3.8, 4) is 5.69 Å². The van der Waals surface area contributed by atoms with Gasteiger partial charge >= 0.3 is 0 Å². The molecular formula is C32H24N4O3. The fourth-order valence-corrected chi connectivity index (χ4v) is 5.05. The van der Waals surface area contributed by atoms with Crippen LogP contribution in [-0.2, 0) is 6.54 Å². The molecule has 0 spiro atoms. The van der Waals surface area contributed by atoms with Crippen LogP contribution in [-0.4, -0.2) is 19.0 Å². The summed E-state index contributed by atoms with van der Waals surface area (Å²) >= 11 is 0. The molecule has 39 heavy (non-hydrogen) atoms. The number of hydrogen-bond acceptors (Lipinski definition) is 4. The van der Waals surface area contributed by atoms with Crippen molar-refractivity contribution in [3.05, 3.63) is 146 Å². The van der Waals surface area contributed by atoms with Gasteiger partial charge in [0.1, 0.15) is 5.82 Å². The number of nitro benzene ring substituents is 1. The summed E-state index contributed by atoms with van der Waals surface area (Å²) in [4.78, 5) is 29.4. The third-order valence-electron chi connectivity index (χ3n) is 6.96. The van der Waals surface area contributed by atoms with Crippen molar-refractivity contribution in [2.45, 2.75) is 13.5 Å². The SMILES string of the molecule is Cc1c(C=Cc2nc3ccccc3c(=O)n2-c2cccc([N+](=O)[O-])c2)c2ccccc2n1Cc1ccccc1. The van der Waals surface area contributed by atoms with Gasteiger partial charge in [-0.25, -0.2) is 4.98 Å². The quantitative estimate of drug-likeness (QED) is 0.182. The number of aromatic nitrogens is 3. The molecule has 6 aromatic rings. The predicted octanol–water partition coefficient (Wildman–Crippen LogP) is 6.78. The number of fused-ring (bicyclic) bond motifs is 2. The minimum atomic E-state index is -0.469. The molecule has 0 N–H and O–H groups in total. The molecule has 7 heteroatoms. The average molecular weight is 513 g/mol. The van der Waals surface area contributed by atoms with E-state index in [1.165, 1.54) is 22.3 Å². The van der Waals surface area contributed by atoms with E-state index in [4.69, 9.17) is 4.98 Å². The Kier molecular flexibility index (Phi) is 6.09. The lowest BCUT2D eigenvalue weighted by Gasteiger charge is -2.11. The fraction of sp³-hybridized carbons (Fsp3) is 0.0625. The molecule has 0 aliphatic heterocycles. The van der Waals surface area contributed by atoms with Gasteiger partial charge in [0.15, 0.2) is 0 Å². The van der Waals surface area contributed by atoms with Crippen LogP contribution in [0.5, 0.6) is 0 Å². The number of benzene rings is 4. The third-order valence-corrected chi connectivity index (χ3v) is 6.96. The molecule has 4 aromatic carbocycles. The molecule has 2 aromatic heterocycles. The van der Waals surface area contributed by atoms with E-state index in [9.17, 15) is 14.9 Å². The summed E-state index contributed by atoms with van der Waals surface area (Å²) in [5, 5.41) is 13.0. The zero-order valence-electron chi connectivity index (χ0n) is 21.2. The minimum absolute atomic E-state index is 0.0951. The molecule has 0 saturated heterocycles. The Morgan fingerprint density at radius 1 is 0.846 bits per heavy atom. The largest absolute Gasteiger partial charge is 0.340 e. The first-order valence-corrected chi connectivity index (χ1v) is 12.6. The molecule has 0 saturated carbocycles. The molecule has 190 valence electrons. The lowest BCUT2D eigenvalue weighted by molar-refractivity contribution is -0.384. The smallest absolute Gasteiger partial charge is 0.271 e. The maximum Gasteiger partial charge on any atom is 0.271 e. The van der Waals surface area contributed by atoms with E-state index in [0.717, 1.165) is 28.7 Å². The van der Waals surface area contributed by atoms with Gasteiger partial charge in [0.2, 0.25) is 0 Å². The lowest BCUT2D eigenvalue weighted by Crippen LogP contribution is -2.22. The number of nitrogens with zero attached hydrogens (tertiary/aromatic N) is 4. The van der Waals surface area contributed by atoms with Gasteiger partial charge in [-0.05, 0) is 48.9 Å². The Bertz CT molecular complexity index is 1950. The van der Waals surface area contributed by atoms with Crippen LogP contribution in [0.4, 0.5) is 5.69 Å². The van der Waals surface area contributed by atoms with Gasteiger partial charge in [0.05, 0.1) is 21.5 Å². The molecule has 7 nitrogen and oxygen atoms in total. The van der Waals surface area contributed by atoms with Crippen LogP contribution >= 0.6 is 0 Å². The van der Waals surface area contributed by atoms with Gasteiger partial charge in [-0.1, -0.05) is 66.7 Å². The fourth-order valence-electron chi connectivity index (χ4n) is 5.05. The first-order valence-electron chi connectivity index (χ1n) is 12.6. The van der Waals surface area contributed by atoms with Gasteiger partial charge < -0.3 is 4.57 Å². The van der Waals surface area contributed by atoms with Crippen molar-refractivity contribution in [1.82, 2.24) is 14.1 Å². The van der Waals surface area contributed by atoms with E-state index in [-0.39, 0.29) is 11.2 Å². The first-order chi connectivity index (χ1) is 19.0. The van der Waals surface area contributed by atoms with Crippen LogP contribution in [0.2, 0.25) is 0 Å². The van der Waals surface area contributed by atoms with Crippen molar-refractivity contribution in [3.63, 3.8) is 0 Å². The highest BCUT2D eigenvalue weighted by Gasteiger charge is 2.16. The van der Waals surface area contributed by atoms with Crippen molar-refractivity contribution in [2.24, 2.45) is 0 Å². The van der Waals surface area contributed by atoms with Gasteiger partial charge in [-0.2, -0.15) is 0 Å². The highest BCUT2D eigenvalue weighted by Crippen LogP contribution is 2.29. The Hall–Kier alpha value is -5.30. The molecule has 0 atom stereocenters. The topological polar surface area (TPSA) is 83.0 Å². The second kappa shape index (κ2) is 9.87. The summed E-state index contributed by atoms with van der Waals surface area (Å²) in [6, 6.07) is 31.7. The Morgan fingerprint density at radius 3 is 2.36 bits per heavy atom. The van der Waals surface area contributed by atoms with E-state index < -0.39 is 4.92 Å². The standard InChI is InChI=1S/C32H24N4O3/c1-22-26(27-14-6-8-17-30(27)34(22)21-23-10-3-2-4-11-23)18-19-31-33-29-16-7-5-15-28(29)32(37)35(31)24-12-9-13-25(20-24)36(38)39/h2-20H,21H2,1H3. The zero-order valence-corrected chi connectivity index (χ0v) is 21.2. The normalized spacial score (nSPS) is 11.5. The Labute approximate surface area is 224 Å². The van der Waals surface area contributed by atoms with Gasteiger partial charge in [-0.15, -0.1) is 0 Å². The highest BCUT2D eigenvalue weighted by atomic mass is 16.6. The van der Waals surface area contributed by atoms with E-state index >= 15 is 0 Å². The van der Waals surface area contributed by atoms with Crippen LogP contribution in [0.15, 0.2) is 108 Å². The molecule has 0 amide bonds. The second-order valence-electron chi connectivity index (χ2n) is 9.33. The lowest BCUT2D eigenvalue weighted by atomic mass is 10.1. The van der Waals surface area contributed by atoms with Gasteiger partial charge in [0, 0.05) is 40.8 Å². The second-order valence-corrected chi connectivity index (χ2v) is 9.33. The van der Waals surface area contributed by atoms with Gasteiger partial charge in [0.25, 0.3) is 11.2 Å². The molecule has 0 unspecified atom stereocenters. The number of rotatable bonds is 6. The van der Waals surface area contributed by atoms with E-state index in [0.29, 0.717) is 22.4 Å². The van der Waals surface area contributed by atoms with Crippen LogP contribution < -0.4 is 5.56 Å². The summed E-state index contributed by atoms with van der Waals surface area (Å²) < 4.78 is 3.72. The summed E-state index contributed by atoms with van der Waals surface area (Å²) in [7, 11) is 0. The van der Waals surface area contributed by atoms with Crippen molar-refractivity contribution in [1.29, 1.82) is 0 Å². The molecule has 2 heterocycles. The molecule has 0 aliphatic rings. The summed E-state index contributed by atoms with van der Waals surface area (Å²) in [6.45, 7) is 2.82. The van der Waals surface area contributed by atoms with Crippen LogP contribution in [0.3, 0.4) is 0 Å². The molecule has 0 bridgehead atoms. The first kappa shape index (κ1) is 24.1. The van der Waals surface area contributed by atoms with Crippen LogP contribution in [0.1, 0.15) is 22.6 Å². The number of nitro groups is 1. The van der Waals surface area contributed by atoms with Crippen LogP contribution in [0.25, 0.3) is 39.6 Å². The van der Waals surface area contributed by atoms with E-state index in [1.54, 1.807) is 30.3 Å². The predicted molar refractivity (Wildman–Crippen MR) is 155 cm³/mol. The summed E-state index contributed by atoms with van der Waals surface area (Å²) in [5.41, 5.74) is 4.98. The maximum absolute atomic E-state index is 13.6. The third kappa shape index (κ3) is 4.40.